The van der Waals surface area contributed by atoms with Crippen LogP contribution in [0.1, 0.15) is 33.1 Å². The van der Waals surface area contributed by atoms with Crippen LogP contribution in [0.3, 0.4) is 0 Å². The van der Waals surface area contributed by atoms with Gasteiger partial charge in [-0.3, -0.25) is 9.59 Å². The maximum absolute atomic E-state index is 13.0. The molecule has 1 fully saturated rings. The summed E-state index contributed by atoms with van der Waals surface area (Å²) in [5.74, 6) is -1.01. The van der Waals surface area contributed by atoms with E-state index in [1.165, 1.54) is 6.07 Å². The molecule has 0 spiro atoms. The molecule has 1 heterocycles. The van der Waals surface area contributed by atoms with Crippen LogP contribution in [-0.4, -0.2) is 38.9 Å². The lowest BCUT2D eigenvalue weighted by molar-refractivity contribution is -0.125. The van der Waals surface area contributed by atoms with E-state index in [1.807, 2.05) is 44.2 Å². The molecule has 3 atom stereocenters. The lowest BCUT2D eigenvalue weighted by Crippen LogP contribution is -2.50. The van der Waals surface area contributed by atoms with Crippen molar-refractivity contribution in [2.75, 3.05) is 6.54 Å². The fourth-order valence-electron chi connectivity index (χ4n) is 3.84. The average Bonchev–Trinajstić information content (AvgIpc) is 3.16. The molecule has 2 aromatic rings. The third-order valence-electron chi connectivity index (χ3n) is 5.51. The highest BCUT2D eigenvalue weighted by Crippen LogP contribution is 2.20. The second-order valence-corrected chi connectivity index (χ2v) is 10.2. The number of nitriles is 1. The molecule has 8 nitrogen and oxygen atoms in total. The molecule has 2 amide bonds. The highest BCUT2D eigenvalue weighted by molar-refractivity contribution is 7.89. The topological polar surface area (TPSA) is 128 Å². The zero-order valence-electron chi connectivity index (χ0n) is 18.2. The van der Waals surface area contributed by atoms with Gasteiger partial charge in [-0.25, -0.2) is 8.42 Å². The first kappa shape index (κ1) is 23.7. The minimum absolute atomic E-state index is 0.0335. The van der Waals surface area contributed by atoms with Crippen molar-refractivity contribution in [3.8, 4) is 6.07 Å². The van der Waals surface area contributed by atoms with E-state index >= 15 is 0 Å². The predicted molar refractivity (Wildman–Crippen MR) is 121 cm³/mol. The number of hydrogen-bond acceptors (Lipinski definition) is 5. The van der Waals surface area contributed by atoms with Gasteiger partial charge in [-0.05, 0) is 48.1 Å². The van der Waals surface area contributed by atoms with Crippen LogP contribution in [0, 0.1) is 23.2 Å². The van der Waals surface area contributed by atoms with E-state index in [4.69, 9.17) is 0 Å². The van der Waals surface area contributed by atoms with Crippen molar-refractivity contribution in [1.82, 2.24) is 15.4 Å². The van der Waals surface area contributed by atoms with Crippen molar-refractivity contribution in [1.29, 1.82) is 5.26 Å². The Morgan fingerprint density at radius 2 is 1.94 bits per heavy atom. The van der Waals surface area contributed by atoms with Gasteiger partial charge in [-0.2, -0.15) is 9.98 Å². The average molecular weight is 457 g/mol. The first-order valence-corrected chi connectivity index (χ1v) is 12.2. The number of amides is 2. The largest absolute Gasteiger partial charge is 0.356 e. The molecule has 0 radical (unpaired) electrons. The summed E-state index contributed by atoms with van der Waals surface area (Å²) in [4.78, 5) is 24.8. The van der Waals surface area contributed by atoms with E-state index in [1.54, 1.807) is 12.1 Å². The van der Waals surface area contributed by atoms with Gasteiger partial charge in [0.05, 0.1) is 11.0 Å². The van der Waals surface area contributed by atoms with Gasteiger partial charge in [0.2, 0.25) is 21.8 Å². The maximum Gasteiger partial charge on any atom is 0.241 e. The molecule has 0 saturated carbocycles. The van der Waals surface area contributed by atoms with Crippen LogP contribution in [0.5, 0.6) is 0 Å². The molecule has 3 unspecified atom stereocenters. The number of carbonyl (C=O) groups excluding carboxylic acids is 2. The third kappa shape index (κ3) is 5.84. The summed E-state index contributed by atoms with van der Waals surface area (Å²) in [6.45, 7) is 4.32. The Labute approximate surface area is 188 Å². The number of nitrogens with zero attached hydrogens (tertiary/aromatic N) is 1. The Morgan fingerprint density at radius 1 is 1.22 bits per heavy atom. The maximum atomic E-state index is 13.0. The molecule has 1 aliphatic heterocycles. The van der Waals surface area contributed by atoms with E-state index in [0.717, 1.165) is 10.8 Å². The lowest BCUT2D eigenvalue weighted by atomic mass is 9.98. The van der Waals surface area contributed by atoms with Crippen molar-refractivity contribution < 1.29 is 18.0 Å². The van der Waals surface area contributed by atoms with Crippen LogP contribution < -0.4 is 15.4 Å². The molecule has 32 heavy (non-hydrogen) atoms. The van der Waals surface area contributed by atoms with Crippen LogP contribution in [-0.2, 0) is 19.6 Å². The zero-order chi connectivity index (χ0) is 23.3. The summed E-state index contributed by atoms with van der Waals surface area (Å²) < 4.78 is 28.6. The summed E-state index contributed by atoms with van der Waals surface area (Å²) in [6.07, 6.45) is 1.07. The van der Waals surface area contributed by atoms with Crippen LogP contribution in [0.4, 0.5) is 0 Å². The minimum Gasteiger partial charge on any atom is -0.356 e. The van der Waals surface area contributed by atoms with Gasteiger partial charge >= 0.3 is 0 Å². The van der Waals surface area contributed by atoms with E-state index in [0.29, 0.717) is 13.0 Å². The summed E-state index contributed by atoms with van der Waals surface area (Å²) in [6, 6.07) is 12.3. The number of rotatable bonds is 9. The third-order valence-corrected chi connectivity index (χ3v) is 6.98. The standard InChI is InChI=1S/C23H28N4O4S/c1-15(2)11-21(23(29)26-19(14-24)12-18-9-10-25-22(18)28)27-32(30,31)20-8-7-16-5-3-4-6-17(16)13-20/h3-8,13,15,18-19,21,27H,9-12H2,1-2H3,(H,25,28)(H,26,29). The van der Waals surface area contributed by atoms with Crippen molar-refractivity contribution in [2.45, 2.75) is 50.1 Å². The number of sulfonamides is 1. The Bertz CT molecular complexity index is 1140. The van der Waals surface area contributed by atoms with E-state index in [9.17, 15) is 23.3 Å². The molecular weight excluding hydrogens is 428 g/mol. The van der Waals surface area contributed by atoms with Crippen molar-refractivity contribution >= 4 is 32.6 Å². The minimum atomic E-state index is -3.97. The van der Waals surface area contributed by atoms with Crippen LogP contribution in [0.2, 0.25) is 0 Å². The molecule has 2 aromatic carbocycles. The molecule has 0 aliphatic carbocycles. The summed E-state index contributed by atoms with van der Waals surface area (Å²) >= 11 is 0. The molecule has 9 heteroatoms. The molecular formula is C23H28N4O4S. The molecule has 3 rings (SSSR count). The fourth-order valence-corrected chi connectivity index (χ4v) is 5.08. The van der Waals surface area contributed by atoms with E-state index < -0.39 is 28.0 Å². The molecule has 1 aliphatic rings. The van der Waals surface area contributed by atoms with E-state index in [2.05, 4.69) is 15.4 Å². The Balaban J connectivity index is 1.76. The number of carbonyl (C=O) groups is 2. The van der Waals surface area contributed by atoms with Gasteiger partial charge in [0.15, 0.2) is 0 Å². The monoisotopic (exact) mass is 456 g/mol. The number of fused-ring (bicyclic) bond motifs is 1. The fraction of sp³-hybridized carbons (Fsp3) is 0.435. The second-order valence-electron chi connectivity index (χ2n) is 8.51. The first-order valence-electron chi connectivity index (χ1n) is 10.7. The summed E-state index contributed by atoms with van der Waals surface area (Å²) in [5, 5.41) is 16.5. The zero-order valence-corrected chi connectivity index (χ0v) is 19.0. The smallest absolute Gasteiger partial charge is 0.241 e. The number of benzene rings is 2. The van der Waals surface area contributed by atoms with Crippen molar-refractivity contribution in [3.05, 3.63) is 42.5 Å². The van der Waals surface area contributed by atoms with Crippen LogP contribution in [0.15, 0.2) is 47.4 Å². The van der Waals surface area contributed by atoms with E-state index in [-0.39, 0.29) is 35.5 Å². The van der Waals surface area contributed by atoms with Gasteiger partial charge in [-0.15, -0.1) is 0 Å². The Kier molecular flexibility index (Phi) is 7.48. The molecule has 0 aromatic heterocycles. The van der Waals surface area contributed by atoms with Gasteiger partial charge in [0, 0.05) is 12.5 Å². The van der Waals surface area contributed by atoms with Crippen molar-refractivity contribution in [2.24, 2.45) is 11.8 Å². The Hall–Kier alpha value is -2.96. The van der Waals surface area contributed by atoms with Crippen LogP contribution >= 0.6 is 0 Å². The second kappa shape index (κ2) is 10.1. The van der Waals surface area contributed by atoms with Gasteiger partial charge in [0.25, 0.3) is 0 Å². The predicted octanol–water partition coefficient (Wildman–Crippen LogP) is 2.07. The van der Waals surface area contributed by atoms with Crippen molar-refractivity contribution in [3.63, 3.8) is 0 Å². The summed E-state index contributed by atoms with van der Waals surface area (Å²) in [7, 11) is -3.97. The van der Waals surface area contributed by atoms with Crippen LogP contribution in [0.25, 0.3) is 10.8 Å². The normalized spacial score (nSPS) is 18.2. The van der Waals surface area contributed by atoms with Gasteiger partial charge in [0.1, 0.15) is 12.1 Å². The molecule has 0 bridgehead atoms. The van der Waals surface area contributed by atoms with Gasteiger partial charge < -0.3 is 10.6 Å². The quantitative estimate of drug-likeness (QED) is 0.532. The summed E-state index contributed by atoms with van der Waals surface area (Å²) in [5.41, 5.74) is 0. The Morgan fingerprint density at radius 3 is 2.56 bits per heavy atom. The lowest BCUT2D eigenvalue weighted by Gasteiger charge is -2.22. The molecule has 1 saturated heterocycles. The SMILES string of the molecule is CC(C)CC(NS(=O)(=O)c1ccc2ccccc2c1)C(=O)NC(C#N)CC1CCNC1=O. The first-order chi connectivity index (χ1) is 15.2. The molecule has 170 valence electrons. The highest BCUT2D eigenvalue weighted by atomic mass is 32.2. The number of nitrogens with one attached hydrogen (secondary N) is 3. The number of hydrogen-bond donors (Lipinski definition) is 3. The van der Waals surface area contributed by atoms with Gasteiger partial charge in [-0.1, -0.05) is 44.2 Å². The molecule has 3 N–H and O–H groups in total. The highest BCUT2D eigenvalue weighted by Gasteiger charge is 2.31.